The maximum Gasteiger partial charge on any atom is 0.0717 e. The van der Waals surface area contributed by atoms with Gasteiger partial charge < -0.3 is 15.4 Å². The molecule has 1 rings (SSSR count). The number of benzene rings is 1. The van der Waals surface area contributed by atoms with Gasteiger partial charge in [0.1, 0.15) is 0 Å². The molecule has 0 aliphatic rings. The molecule has 0 bridgehead atoms. The van der Waals surface area contributed by atoms with Gasteiger partial charge in [-0.2, -0.15) is 0 Å². The standard InChI is InChI=1S/C16H28N2O/c1-13(10-17)15-8-6-14(7-9-15)11-19-12-16(2,3)18(4)5/h6-9,13H,10-12,17H2,1-5H3. The smallest absolute Gasteiger partial charge is 0.0717 e. The van der Waals surface area contributed by atoms with E-state index in [1.165, 1.54) is 11.1 Å². The van der Waals surface area contributed by atoms with Crippen molar-refractivity contribution in [3.63, 3.8) is 0 Å². The predicted octanol–water partition coefficient (Wildman–Crippen LogP) is 2.61. The summed E-state index contributed by atoms with van der Waals surface area (Å²) in [6.45, 7) is 8.57. The summed E-state index contributed by atoms with van der Waals surface area (Å²) in [5, 5.41) is 0. The van der Waals surface area contributed by atoms with Gasteiger partial charge in [-0.3, -0.25) is 0 Å². The third-order valence-electron chi connectivity index (χ3n) is 3.84. The van der Waals surface area contributed by atoms with Crippen LogP contribution in [0, 0.1) is 0 Å². The topological polar surface area (TPSA) is 38.5 Å². The molecule has 0 aliphatic carbocycles. The first-order valence-corrected chi connectivity index (χ1v) is 6.91. The highest BCUT2D eigenvalue weighted by Crippen LogP contribution is 2.16. The maximum absolute atomic E-state index is 5.81. The van der Waals surface area contributed by atoms with Crippen molar-refractivity contribution in [3.8, 4) is 0 Å². The molecule has 1 aromatic rings. The summed E-state index contributed by atoms with van der Waals surface area (Å²) in [6.07, 6.45) is 0. The third kappa shape index (κ3) is 4.94. The fourth-order valence-corrected chi connectivity index (χ4v) is 1.63. The average molecular weight is 264 g/mol. The zero-order chi connectivity index (χ0) is 14.5. The van der Waals surface area contributed by atoms with Crippen molar-refractivity contribution in [3.05, 3.63) is 35.4 Å². The Kier molecular flexibility index (Phi) is 5.98. The number of ether oxygens (including phenoxy) is 1. The number of hydrogen-bond donors (Lipinski definition) is 1. The summed E-state index contributed by atoms with van der Waals surface area (Å²) in [4.78, 5) is 2.18. The molecule has 2 N–H and O–H groups in total. The summed E-state index contributed by atoms with van der Waals surface area (Å²) in [7, 11) is 4.15. The number of nitrogens with two attached hydrogens (primary N) is 1. The van der Waals surface area contributed by atoms with Crippen molar-refractivity contribution in [2.45, 2.75) is 38.8 Å². The summed E-state index contributed by atoms with van der Waals surface area (Å²) < 4.78 is 5.81. The van der Waals surface area contributed by atoms with Crippen LogP contribution in [0.25, 0.3) is 0 Å². The van der Waals surface area contributed by atoms with Gasteiger partial charge in [-0.1, -0.05) is 31.2 Å². The van der Waals surface area contributed by atoms with E-state index in [0.29, 0.717) is 19.1 Å². The van der Waals surface area contributed by atoms with Crippen LogP contribution < -0.4 is 5.73 Å². The van der Waals surface area contributed by atoms with E-state index in [1.54, 1.807) is 0 Å². The Hall–Kier alpha value is -0.900. The second-order valence-electron chi connectivity index (χ2n) is 6.08. The summed E-state index contributed by atoms with van der Waals surface area (Å²) in [5.74, 6) is 0.419. The molecule has 1 unspecified atom stereocenters. The highest BCUT2D eigenvalue weighted by Gasteiger charge is 2.20. The summed E-state index contributed by atoms with van der Waals surface area (Å²) in [6, 6.07) is 8.55. The Morgan fingerprint density at radius 1 is 1.21 bits per heavy atom. The first kappa shape index (κ1) is 16.2. The van der Waals surface area contributed by atoms with E-state index in [9.17, 15) is 0 Å². The van der Waals surface area contributed by atoms with Crippen LogP contribution in [-0.2, 0) is 11.3 Å². The molecular formula is C16H28N2O. The first-order valence-electron chi connectivity index (χ1n) is 6.91. The summed E-state index contributed by atoms with van der Waals surface area (Å²) >= 11 is 0. The van der Waals surface area contributed by atoms with Crippen molar-refractivity contribution < 1.29 is 4.74 Å². The number of likely N-dealkylation sites (N-methyl/N-ethyl adjacent to an activating group) is 1. The number of nitrogens with zero attached hydrogens (tertiary/aromatic N) is 1. The minimum absolute atomic E-state index is 0.0635. The zero-order valence-electron chi connectivity index (χ0n) is 12.9. The van der Waals surface area contributed by atoms with E-state index >= 15 is 0 Å². The van der Waals surface area contributed by atoms with Crippen molar-refractivity contribution in [2.75, 3.05) is 27.2 Å². The van der Waals surface area contributed by atoms with Crippen LogP contribution >= 0.6 is 0 Å². The van der Waals surface area contributed by atoms with E-state index in [2.05, 4.69) is 64.0 Å². The minimum atomic E-state index is 0.0635. The molecule has 0 amide bonds. The van der Waals surface area contributed by atoms with Gasteiger partial charge in [0.2, 0.25) is 0 Å². The molecule has 1 aromatic carbocycles. The highest BCUT2D eigenvalue weighted by atomic mass is 16.5. The van der Waals surface area contributed by atoms with Gasteiger partial charge >= 0.3 is 0 Å². The normalized spacial score (nSPS) is 13.8. The Bertz CT molecular complexity index is 371. The third-order valence-corrected chi connectivity index (χ3v) is 3.84. The lowest BCUT2D eigenvalue weighted by molar-refractivity contribution is 0.0275. The molecule has 0 saturated heterocycles. The van der Waals surface area contributed by atoms with Gasteiger partial charge in [-0.05, 0) is 51.5 Å². The Balaban J connectivity index is 2.47. The molecule has 3 nitrogen and oxygen atoms in total. The van der Waals surface area contributed by atoms with Gasteiger partial charge in [0, 0.05) is 5.54 Å². The van der Waals surface area contributed by atoms with Gasteiger partial charge in [-0.15, -0.1) is 0 Å². The highest BCUT2D eigenvalue weighted by molar-refractivity contribution is 5.24. The Morgan fingerprint density at radius 2 is 1.79 bits per heavy atom. The second-order valence-corrected chi connectivity index (χ2v) is 6.08. The lowest BCUT2D eigenvalue weighted by Gasteiger charge is -2.32. The summed E-state index contributed by atoms with van der Waals surface area (Å²) in [5.41, 5.74) is 8.23. The molecule has 0 heterocycles. The van der Waals surface area contributed by atoms with Crippen LogP contribution in [0.4, 0.5) is 0 Å². The van der Waals surface area contributed by atoms with Gasteiger partial charge in [0.15, 0.2) is 0 Å². The lowest BCUT2D eigenvalue weighted by atomic mass is 10.0. The van der Waals surface area contributed by atoms with Gasteiger partial charge in [0.25, 0.3) is 0 Å². The molecule has 0 radical (unpaired) electrons. The average Bonchev–Trinajstić information content (AvgIpc) is 2.38. The van der Waals surface area contributed by atoms with Crippen LogP contribution in [0.2, 0.25) is 0 Å². The van der Waals surface area contributed by atoms with E-state index in [-0.39, 0.29) is 5.54 Å². The molecule has 108 valence electrons. The maximum atomic E-state index is 5.81. The van der Waals surface area contributed by atoms with Crippen molar-refractivity contribution in [1.29, 1.82) is 0 Å². The van der Waals surface area contributed by atoms with Crippen molar-refractivity contribution >= 4 is 0 Å². The molecule has 1 atom stereocenters. The van der Waals surface area contributed by atoms with Gasteiger partial charge in [-0.25, -0.2) is 0 Å². The number of rotatable bonds is 7. The van der Waals surface area contributed by atoms with Crippen molar-refractivity contribution in [1.82, 2.24) is 4.90 Å². The molecule has 0 aliphatic heterocycles. The van der Waals surface area contributed by atoms with Crippen LogP contribution in [0.1, 0.15) is 37.8 Å². The molecular weight excluding hydrogens is 236 g/mol. The van der Waals surface area contributed by atoms with E-state index in [4.69, 9.17) is 10.5 Å². The fourth-order valence-electron chi connectivity index (χ4n) is 1.63. The molecule has 3 heteroatoms. The minimum Gasteiger partial charge on any atom is -0.375 e. The Morgan fingerprint density at radius 3 is 2.26 bits per heavy atom. The van der Waals surface area contributed by atoms with E-state index < -0.39 is 0 Å². The second kappa shape index (κ2) is 7.04. The Labute approximate surface area is 117 Å². The largest absolute Gasteiger partial charge is 0.375 e. The lowest BCUT2D eigenvalue weighted by Crippen LogP contribution is -2.42. The molecule has 19 heavy (non-hydrogen) atoms. The van der Waals surface area contributed by atoms with Gasteiger partial charge in [0.05, 0.1) is 13.2 Å². The van der Waals surface area contributed by atoms with E-state index in [0.717, 1.165) is 6.61 Å². The fraction of sp³-hybridized carbons (Fsp3) is 0.625. The van der Waals surface area contributed by atoms with E-state index in [1.807, 2.05) is 0 Å². The SMILES string of the molecule is CC(CN)c1ccc(COCC(C)(C)N(C)C)cc1. The van der Waals surface area contributed by atoms with Crippen LogP contribution in [0.5, 0.6) is 0 Å². The molecule has 0 fully saturated rings. The monoisotopic (exact) mass is 264 g/mol. The molecule has 0 saturated carbocycles. The van der Waals surface area contributed by atoms with Crippen LogP contribution in [0.3, 0.4) is 0 Å². The zero-order valence-corrected chi connectivity index (χ0v) is 12.9. The number of hydrogen-bond acceptors (Lipinski definition) is 3. The van der Waals surface area contributed by atoms with Crippen LogP contribution in [0.15, 0.2) is 24.3 Å². The molecule has 0 spiro atoms. The molecule has 0 aromatic heterocycles. The first-order chi connectivity index (χ1) is 8.86. The van der Waals surface area contributed by atoms with Crippen LogP contribution in [-0.4, -0.2) is 37.7 Å². The van der Waals surface area contributed by atoms with Crippen molar-refractivity contribution in [2.24, 2.45) is 5.73 Å². The quantitative estimate of drug-likeness (QED) is 0.822. The predicted molar refractivity (Wildman–Crippen MR) is 81.3 cm³/mol.